The van der Waals surface area contributed by atoms with Gasteiger partial charge in [0.25, 0.3) is 11.8 Å². The molecule has 0 spiro atoms. The molecule has 0 atom stereocenters. The topological polar surface area (TPSA) is 61.4 Å². The van der Waals surface area contributed by atoms with Gasteiger partial charge in [-0.25, -0.2) is 0 Å². The summed E-state index contributed by atoms with van der Waals surface area (Å²) in [6.07, 6.45) is -1.25. The summed E-state index contributed by atoms with van der Waals surface area (Å²) in [6, 6.07) is 18.7. The zero-order valence-electron chi connectivity index (χ0n) is 19.1. The monoisotopic (exact) mass is 481 g/mol. The van der Waals surface area contributed by atoms with Gasteiger partial charge in [0.1, 0.15) is 0 Å². The summed E-state index contributed by atoms with van der Waals surface area (Å²) < 4.78 is 38.4. The fourth-order valence-corrected chi connectivity index (χ4v) is 4.09. The van der Waals surface area contributed by atoms with Gasteiger partial charge in [0, 0.05) is 36.6 Å². The van der Waals surface area contributed by atoms with Gasteiger partial charge in [-0.1, -0.05) is 30.3 Å². The van der Waals surface area contributed by atoms with E-state index in [1.807, 2.05) is 36.4 Å². The standard InChI is InChI=1S/C27H26F3N3O2/c28-27(29,30)21-11-9-20(10-12-21)25(34)32-22-13-14-24(33-15-5-2-6-16-33)23(17-22)26(35)31-18-19-7-3-1-4-8-19/h1,3-4,7-14,17H,2,5-6,15-16,18H2,(H,31,35)(H,32,34). The predicted molar refractivity (Wildman–Crippen MR) is 130 cm³/mol. The second-order valence-corrected chi connectivity index (χ2v) is 8.48. The third kappa shape index (κ3) is 6.20. The maximum atomic E-state index is 13.2. The second-order valence-electron chi connectivity index (χ2n) is 8.48. The summed E-state index contributed by atoms with van der Waals surface area (Å²) in [7, 11) is 0. The molecule has 5 nitrogen and oxygen atoms in total. The molecular weight excluding hydrogens is 455 g/mol. The molecule has 3 aromatic rings. The van der Waals surface area contributed by atoms with E-state index in [2.05, 4.69) is 15.5 Å². The molecule has 182 valence electrons. The molecule has 1 heterocycles. The Morgan fingerprint density at radius 1 is 0.829 bits per heavy atom. The van der Waals surface area contributed by atoms with Crippen molar-refractivity contribution in [3.8, 4) is 0 Å². The first-order chi connectivity index (χ1) is 16.8. The third-order valence-corrected chi connectivity index (χ3v) is 5.97. The van der Waals surface area contributed by atoms with Gasteiger partial charge in [-0.2, -0.15) is 13.2 Å². The average Bonchev–Trinajstić information content (AvgIpc) is 2.88. The van der Waals surface area contributed by atoms with Crippen LogP contribution in [0.5, 0.6) is 0 Å². The Kier molecular flexibility index (Phi) is 7.39. The number of rotatable bonds is 6. The fourth-order valence-electron chi connectivity index (χ4n) is 4.09. The van der Waals surface area contributed by atoms with Crippen molar-refractivity contribution in [2.24, 2.45) is 0 Å². The molecule has 0 aromatic heterocycles. The Labute approximate surface area is 202 Å². The molecule has 4 rings (SSSR count). The number of piperidine rings is 1. The van der Waals surface area contributed by atoms with Crippen molar-refractivity contribution < 1.29 is 22.8 Å². The van der Waals surface area contributed by atoms with Gasteiger partial charge in [0.2, 0.25) is 0 Å². The maximum Gasteiger partial charge on any atom is 0.416 e. The molecule has 3 aromatic carbocycles. The van der Waals surface area contributed by atoms with Crippen LogP contribution in [-0.2, 0) is 12.7 Å². The molecule has 2 N–H and O–H groups in total. The Balaban J connectivity index is 1.54. The van der Waals surface area contributed by atoms with Gasteiger partial charge in [-0.15, -0.1) is 0 Å². The lowest BCUT2D eigenvalue weighted by atomic mass is 10.1. The highest BCUT2D eigenvalue weighted by atomic mass is 19.4. The minimum atomic E-state index is -4.47. The number of carbonyl (C=O) groups excluding carboxylic acids is 2. The molecule has 0 saturated carbocycles. The summed E-state index contributed by atoms with van der Waals surface area (Å²) in [5.41, 5.74) is 1.86. The molecule has 0 radical (unpaired) electrons. The molecule has 1 aliphatic heterocycles. The van der Waals surface area contributed by atoms with E-state index in [0.717, 1.165) is 67.9 Å². The molecule has 1 saturated heterocycles. The minimum Gasteiger partial charge on any atom is -0.371 e. The van der Waals surface area contributed by atoms with Crippen molar-refractivity contribution in [1.82, 2.24) is 5.32 Å². The number of nitrogens with one attached hydrogen (secondary N) is 2. The van der Waals surface area contributed by atoms with Crippen LogP contribution in [0, 0.1) is 0 Å². The smallest absolute Gasteiger partial charge is 0.371 e. The second kappa shape index (κ2) is 10.6. The molecule has 2 amide bonds. The first kappa shape index (κ1) is 24.3. The highest BCUT2D eigenvalue weighted by Crippen LogP contribution is 2.30. The summed E-state index contributed by atoms with van der Waals surface area (Å²) >= 11 is 0. The van der Waals surface area contributed by atoms with Crippen LogP contribution in [0.3, 0.4) is 0 Å². The number of alkyl halides is 3. The molecule has 0 unspecified atom stereocenters. The van der Waals surface area contributed by atoms with Crippen LogP contribution in [0.4, 0.5) is 24.5 Å². The minimum absolute atomic E-state index is 0.0909. The average molecular weight is 482 g/mol. The number of hydrogen-bond acceptors (Lipinski definition) is 3. The SMILES string of the molecule is O=C(Nc1ccc(N2CCCCC2)c(C(=O)NCc2ccccc2)c1)c1ccc(C(F)(F)F)cc1. The van der Waals surface area contributed by atoms with Crippen molar-refractivity contribution >= 4 is 23.2 Å². The van der Waals surface area contributed by atoms with Crippen molar-refractivity contribution in [3.05, 3.63) is 95.1 Å². The molecule has 8 heteroatoms. The van der Waals surface area contributed by atoms with E-state index in [4.69, 9.17) is 0 Å². The highest BCUT2D eigenvalue weighted by Gasteiger charge is 2.30. The van der Waals surface area contributed by atoms with Crippen LogP contribution in [0.2, 0.25) is 0 Å². The number of halogens is 3. The number of nitrogens with zero attached hydrogens (tertiary/aromatic N) is 1. The number of amides is 2. The van der Waals surface area contributed by atoms with E-state index in [1.165, 1.54) is 0 Å². The first-order valence-corrected chi connectivity index (χ1v) is 11.5. The van der Waals surface area contributed by atoms with Gasteiger partial charge in [-0.3, -0.25) is 9.59 Å². The lowest BCUT2D eigenvalue weighted by molar-refractivity contribution is -0.137. The fraction of sp³-hybridized carbons (Fsp3) is 0.259. The molecule has 1 fully saturated rings. The van der Waals surface area contributed by atoms with Crippen molar-refractivity contribution in [2.75, 3.05) is 23.3 Å². The Morgan fingerprint density at radius 3 is 2.17 bits per heavy atom. The van der Waals surface area contributed by atoms with Crippen molar-refractivity contribution in [1.29, 1.82) is 0 Å². The zero-order chi connectivity index (χ0) is 24.8. The Bertz CT molecular complexity index is 1170. The molecule has 1 aliphatic rings. The van der Waals surface area contributed by atoms with Crippen LogP contribution in [0.1, 0.15) is 51.1 Å². The number of hydrogen-bond donors (Lipinski definition) is 2. The lowest BCUT2D eigenvalue weighted by Crippen LogP contribution is -2.32. The van der Waals surface area contributed by atoms with E-state index in [1.54, 1.807) is 12.1 Å². The zero-order valence-corrected chi connectivity index (χ0v) is 19.1. The molecule has 0 aliphatic carbocycles. The van der Waals surface area contributed by atoms with Crippen molar-refractivity contribution in [3.63, 3.8) is 0 Å². The third-order valence-electron chi connectivity index (χ3n) is 5.97. The van der Waals surface area contributed by atoms with Gasteiger partial charge >= 0.3 is 6.18 Å². The Morgan fingerprint density at radius 2 is 1.51 bits per heavy atom. The maximum absolute atomic E-state index is 13.2. The molecular formula is C27H26F3N3O2. The van der Waals surface area contributed by atoms with Gasteiger partial charge < -0.3 is 15.5 Å². The van der Waals surface area contributed by atoms with E-state index in [9.17, 15) is 22.8 Å². The largest absolute Gasteiger partial charge is 0.416 e. The summed E-state index contributed by atoms with van der Waals surface area (Å²) in [5.74, 6) is -0.819. The summed E-state index contributed by atoms with van der Waals surface area (Å²) in [4.78, 5) is 28.0. The predicted octanol–water partition coefficient (Wildman–Crippen LogP) is 5.88. The van der Waals surface area contributed by atoms with Crippen LogP contribution in [0.25, 0.3) is 0 Å². The van der Waals surface area contributed by atoms with Crippen molar-refractivity contribution in [2.45, 2.75) is 32.0 Å². The van der Waals surface area contributed by atoms with E-state index >= 15 is 0 Å². The van der Waals surface area contributed by atoms with Crippen LogP contribution < -0.4 is 15.5 Å². The van der Waals surface area contributed by atoms with Crippen LogP contribution in [0.15, 0.2) is 72.8 Å². The van der Waals surface area contributed by atoms with E-state index < -0.39 is 17.6 Å². The molecule has 35 heavy (non-hydrogen) atoms. The van der Waals surface area contributed by atoms with Crippen LogP contribution in [-0.4, -0.2) is 24.9 Å². The van der Waals surface area contributed by atoms with Gasteiger partial charge in [0.15, 0.2) is 0 Å². The van der Waals surface area contributed by atoms with Crippen LogP contribution >= 0.6 is 0 Å². The van der Waals surface area contributed by atoms with Gasteiger partial charge in [0.05, 0.1) is 11.1 Å². The quantitative estimate of drug-likeness (QED) is 0.462. The van der Waals surface area contributed by atoms with Gasteiger partial charge in [-0.05, 0) is 67.3 Å². The lowest BCUT2D eigenvalue weighted by Gasteiger charge is -2.30. The number of anilines is 2. The normalized spacial score (nSPS) is 13.9. The summed E-state index contributed by atoms with van der Waals surface area (Å²) in [6.45, 7) is 2.05. The molecule has 0 bridgehead atoms. The highest BCUT2D eigenvalue weighted by molar-refractivity contribution is 6.06. The number of benzene rings is 3. The van der Waals surface area contributed by atoms with E-state index in [-0.39, 0.29) is 11.5 Å². The number of carbonyl (C=O) groups is 2. The summed E-state index contributed by atoms with van der Waals surface area (Å²) in [5, 5.41) is 5.64. The first-order valence-electron chi connectivity index (χ1n) is 11.5. The Hall–Kier alpha value is -3.81. The van der Waals surface area contributed by atoms with E-state index in [0.29, 0.717) is 17.8 Å².